The fourth-order valence-electron chi connectivity index (χ4n) is 3.99. The summed E-state index contributed by atoms with van der Waals surface area (Å²) >= 11 is 0. The van der Waals surface area contributed by atoms with Crippen LogP contribution in [0.15, 0.2) is 104 Å². The minimum atomic E-state index is -1.84. The van der Waals surface area contributed by atoms with E-state index >= 15 is 0 Å². The summed E-state index contributed by atoms with van der Waals surface area (Å²) in [4.78, 5) is 51.6. The van der Waals surface area contributed by atoms with Gasteiger partial charge in [-0.2, -0.15) is 0 Å². The monoisotopic (exact) mass is 546 g/mol. The summed E-state index contributed by atoms with van der Waals surface area (Å²) in [5.74, 6) is -4.13. The highest BCUT2D eigenvalue weighted by molar-refractivity contribution is 5.91. The van der Waals surface area contributed by atoms with E-state index in [2.05, 4.69) is 6.58 Å². The van der Waals surface area contributed by atoms with Crippen LogP contribution in [0.4, 0.5) is 0 Å². The summed E-state index contributed by atoms with van der Waals surface area (Å²) in [6.07, 6.45) is -6.89. The number of benzene rings is 3. The fraction of sp³-hybridized carbons (Fsp3) is 0.200. The molecule has 0 saturated carbocycles. The Morgan fingerprint density at radius 3 is 1.48 bits per heavy atom. The van der Waals surface area contributed by atoms with Crippen molar-refractivity contribution in [3.8, 4) is 0 Å². The van der Waals surface area contributed by atoms with E-state index in [-0.39, 0.29) is 23.3 Å². The van der Waals surface area contributed by atoms with Gasteiger partial charge in [0.25, 0.3) is 0 Å². The SMILES string of the molecule is C=CCO[C@H]1O[C@H](C(=O)O)[C@@H](OC(=O)c2ccccc2)[C@H](OC(=O)c2ccccc2)[C@@H]1OC(=O)c1ccccc1. The van der Waals surface area contributed by atoms with E-state index in [4.69, 9.17) is 23.7 Å². The van der Waals surface area contributed by atoms with Gasteiger partial charge in [-0.3, -0.25) is 0 Å². The molecule has 0 radical (unpaired) electrons. The Kier molecular flexibility index (Phi) is 9.39. The first kappa shape index (κ1) is 28.2. The summed E-state index contributed by atoms with van der Waals surface area (Å²) in [7, 11) is 0. The van der Waals surface area contributed by atoms with E-state index in [0.29, 0.717) is 0 Å². The van der Waals surface area contributed by atoms with Crippen molar-refractivity contribution in [1.82, 2.24) is 0 Å². The number of aliphatic carboxylic acids is 1. The van der Waals surface area contributed by atoms with E-state index in [1.165, 1.54) is 42.5 Å². The first-order valence-electron chi connectivity index (χ1n) is 12.3. The molecule has 1 aliphatic rings. The average Bonchev–Trinajstić information content (AvgIpc) is 2.99. The maximum atomic E-state index is 13.2. The fourth-order valence-corrected chi connectivity index (χ4v) is 3.99. The highest BCUT2D eigenvalue weighted by atomic mass is 16.7. The Morgan fingerprint density at radius 2 is 1.07 bits per heavy atom. The first-order chi connectivity index (χ1) is 19.4. The first-order valence-corrected chi connectivity index (χ1v) is 12.3. The molecule has 5 atom stereocenters. The number of ether oxygens (including phenoxy) is 5. The Labute approximate surface area is 229 Å². The molecule has 0 spiro atoms. The summed E-state index contributed by atoms with van der Waals surface area (Å²) in [6.45, 7) is 3.45. The molecule has 3 aromatic carbocycles. The number of hydrogen-bond acceptors (Lipinski definition) is 9. The number of carbonyl (C=O) groups is 4. The van der Waals surface area contributed by atoms with E-state index in [1.54, 1.807) is 54.6 Å². The zero-order valence-corrected chi connectivity index (χ0v) is 21.2. The molecule has 4 rings (SSSR count). The van der Waals surface area contributed by atoms with Crippen LogP contribution < -0.4 is 0 Å². The van der Waals surface area contributed by atoms with E-state index in [9.17, 15) is 24.3 Å². The third-order valence-electron chi connectivity index (χ3n) is 5.87. The zero-order chi connectivity index (χ0) is 28.5. The molecule has 0 amide bonds. The minimum Gasteiger partial charge on any atom is -0.479 e. The molecule has 1 N–H and O–H groups in total. The third-order valence-corrected chi connectivity index (χ3v) is 5.87. The molecule has 10 heteroatoms. The highest BCUT2D eigenvalue weighted by Gasteiger charge is 2.55. The van der Waals surface area contributed by atoms with Crippen LogP contribution in [0.25, 0.3) is 0 Å². The molecule has 0 aliphatic carbocycles. The van der Waals surface area contributed by atoms with Crippen LogP contribution in [-0.4, -0.2) is 66.3 Å². The number of carbonyl (C=O) groups excluding carboxylic acids is 3. The van der Waals surface area contributed by atoms with Gasteiger partial charge < -0.3 is 28.8 Å². The molecule has 0 unspecified atom stereocenters. The van der Waals surface area contributed by atoms with Gasteiger partial charge in [0.1, 0.15) is 0 Å². The standard InChI is InChI=1S/C30H26O10/c1-2-18-36-30-25(39-29(35)21-16-10-5-11-17-21)23(38-28(34)20-14-8-4-9-15-20)22(24(40-30)26(31)32)37-27(33)19-12-6-3-7-13-19/h2-17,22-25,30H,1,18H2,(H,31,32)/t22-,23-,24-,25-,30-/m0/s1. The molecular formula is C30H26O10. The van der Waals surface area contributed by atoms with Gasteiger partial charge in [0, 0.05) is 0 Å². The third kappa shape index (κ3) is 6.79. The van der Waals surface area contributed by atoms with Crippen LogP contribution in [0.1, 0.15) is 31.1 Å². The normalized spacial score (nSPS) is 21.9. The molecule has 10 nitrogen and oxygen atoms in total. The van der Waals surface area contributed by atoms with Crippen LogP contribution in [0.2, 0.25) is 0 Å². The van der Waals surface area contributed by atoms with Crippen molar-refractivity contribution in [3.63, 3.8) is 0 Å². The number of carboxylic acid groups (broad SMARTS) is 1. The van der Waals surface area contributed by atoms with E-state index < -0.39 is 54.6 Å². The summed E-state index contributed by atoms with van der Waals surface area (Å²) in [5, 5.41) is 10.0. The topological polar surface area (TPSA) is 135 Å². The van der Waals surface area contributed by atoms with Crippen molar-refractivity contribution in [2.45, 2.75) is 30.7 Å². The van der Waals surface area contributed by atoms with E-state index in [0.717, 1.165) is 0 Å². The quantitative estimate of drug-likeness (QED) is 0.228. The molecule has 1 heterocycles. The summed E-state index contributed by atoms with van der Waals surface area (Å²) in [5.41, 5.74) is 0.407. The van der Waals surface area contributed by atoms with Gasteiger partial charge >= 0.3 is 23.9 Å². The van der Waals surface area contributed by atoms with Crippen LogP contribution in [-0.2, 0) is 28.5 Å². The number of esters is 3. The largest absolute Gasteiger partial charge is 0.479 e. The Morgan fingerprint density at radius 1 is 0.675 bits per heavy atom. The predicted molar refractivity (Wildman–Crippen MR) is 139 cm³/mol. The van der Waals surface area contributed by atoms with Crippen molar-refractivity contribution in [2.24, 2.45) is 0 Å². The predicted octanol–water partition coefficient (Wildman–Crippen LogP) is 3.68. The molecule has 206 valence electrons. The van der Waals surface area contributed by atoms with Crippen LogP contribution in [0.5, 0.6) is 0 Å². The number of carboxylic acids is 1. The molecular weight excluding hydrogens is 520 g/mol. The number of hydrogen-bond donors (Lipinski definition) is 1. The molecule has 0 bridgehead atoms. The van der Waals surface area contributed by atoms with Crippen molar-refractivity contribution >= 4 is 23.9 Å². The second-order valence-corrected chi connectivity index (χ2v) is 8.59. The van der Waals surface area contributed by atoms with E-state index in [1.807, 2.05) is 0 Å². The van der Waals surface area contributed by atoms with Crippen molar-refractivity contribution in [2.75, 3.05) is 6.61 Å². The molecule has 3 aromatic rings. The molecule has 1 fully saturated rings. The van der Waals surface area contributed by atoms with Crippen molar-refractivity contribution < 1.29 is 48.0 Å². The van der Waals surface area contributed by atoms with Gasteiger partial charge in [-0.1, -0.05) is 60.7 Å². The van der Waals surface area contributed by atoms with Crippen LogP contribution in [0, 0.1) is 0 Å². The lowest BCUT2D eigenvalue weighted by Gasteiger charge is -2.43. The lowest BCUT2D eigenvalue weighted by Crippen LogP contribution is -2.63. The molecule has 40 heavy (non-hydrogen) atoms. The molecule has 1 saturated heterocycles. The molecule has 0 aromatic heterocycles. The zero-order valence-electron chi connectivity index (χ0n) is 21.2. The maximum absolute atomic E-state index is 13.2. The Bertz CT molecular complexity index is 1330. The van der Waals surface area contributed by atoms with Crippen LogP contribution >= 0.6 is 0 Å². The van der Waals surface area contributed by atoms with Gasteiger partial charge in [-0.15, -0.1) is 6.58 Å². The summed E-state index contributed by atoms with van der Waals surface area (Å²) in [6, 6.07) is 23.7. The lowest BCUT2D eigenvalue weighted by molar-refractivity contribution is -0.289. The highest BCUT2D eigenvalue weighted by Crippen LogP contribution is 2.31. The Balaban J connectivity index is 1.75. The van der Waals surface area contributed by atoms with Gasteiger partial charge in [0.2, 0.25) is 0 Å². The second kappa shape index (κ2) is 13.3. The van der Waals surface area contributed by atoms with Crippen LogP contribution in [0.3, 0.4) is 0 Å². The van der Waals surface area contributed by atoms with Crippen molar-refractivity contribution in [1.29, 1.82) is 0 Å². The second-order valence-electron chi connectivity index (χ2n) is 8.59. The molecule has 1 aliphatic heterocycles. The van der Waals surface area contributed by atoms with Gasteiger partial charge in [0.15, 0.2) is 30.7 Å². The van der Waals surface area contributed by atoms with Crippen molar-refractivity contribution in [3.05, 3.63) is 120 Å². The lowest BCUT2D eigenvalue weighted by atomic mass is 9.97. The Hall–Kier alpha value is -4.80. The maximum Gasteiger partial charge on any atom is 0.338 e. The minimum absolute atomic E-state index is 0.114. The van der Waals surface area contributed by atoms with Gasteiger partial charge in [-0.25, -0.2) is 19.2 Å². The number of rotatable bonds is 10. The summed E-state index contributed by atoms with van der Waals surface area (Å²) < 4.78 is 28.3. The average molecular weight is 547 g/mol. The van der Waals surface area contributed by atoms with Gasteiger partial charge in [-0.05, 0) is 36.4 Å². The smallest absolute Gasteiger partial charge is 0.338 e. The van der Waals surface area contributed by atoms with Gasteiger partial charge in [0.05, 0.1) is 23.3 Å².